The summed E-state index contributed by atoms with van der Waals surface area (Å²) in [5.41, 5.74) is -0.0621. The van der Waals surface area contributed by atoms with Gasteiger partial charge in [-0.2, -0.15) is 0 Å². The van der Waals surface area contributed by atoms with E-state index in [1.807, 2.05) is 22.6 Å². The first-order valence-electron chi connectivity index (χ1n) is 3.69. The Labute approximate surface area is 105 Å². The van der Waals surface area contributed by atoms with E-state index in [9.17, 15) is 13.2 Å². The zero-order chi connectivity index (χ0) is 11.6. The van der Waals surface area contributed by atoms with Gasteiger partial charge in [0.15, 0.2) is 0 Å². The molecule has 0 spiro atoms. The Morgan fingerprint density at radius 2 is 2.07 bits per heavy atom. The highest BCUT2D eigenvalue weighted by Gasteiger charge is 2.21. The molecule has 4 nitrogen and oxygen atoms in total. The summed E-state index contributed by atoms with van der Waals surface area (Å²) < 4.78 is 27.5. The highest BCUT2D eigenvalue weighted by atomic mass is 127. The monoisotopic (exact) mass is 360 g/mol. The van der Waals surface area contributed by atoms with Gasteiger partial charge >= 0.3 is 5.97 Å². The van der Waals surface area contributed by atoms with Crippen LogP contribution in [0.1, 0.15) is 10.4 Å². The highest BCUT2D eigenvalue weighted by molar-refractivity contribution is 14.1. The molecule has 0 N–H and O–H groups in total. The molecular formula is C8H6ClIO4S. The summed E-state index contributed by atoms with van der Waals surface area (Å²) in [5.74, 6) is -0.731. The molecule has 0 radical (unpaired) electrons. The van der Waals surface area contributed by atoms with Gasteiger partial charge in [-0.3, -0.25) is 0 Å². The largest absolute Gasteiger partial charge is 0.465 e. The zero-order valence-electron chi connectivity index (χ0n) is 7.53. The van der Waals surface area contributed by atoms with Crippen LogP contribution in [0, 0.1) is 3.57 Å². The third-order valence-electron chi connectivity index (χ3n) is 1.61. The van der Waals surface area contributed by atoms with Crippen molar-refractivity contribution in [1.82, 2.24) is 0 Å². The van der Waals surface area contributed by atoms with Crippen LogP contribution < -0.4 is 0 Å². The number of carbonyl (C=O) groups excluding carboxylic acids is 1. The van der Waals surface area contributed by atoms with E-state index in [1.54, 1.807) is 6.07 Å². The maximum Gasteiger partial charge on any atom is 0.339 e. The van der Waals surface area contributed by atoms with Gasteiger partial charge in [0.1, 0.15) is 0 Å². The zero-order valence-corrected chi connectivity index (χ0v) is 11.3. The van der Waals surface area contributed by atoms with Crippen molar-refractivity contribution in [2.24, 2.45) is 0 Å². The van der Waals surface area contributed by atoms with Gasteiger partial charge in [0.2, 0.25) is 0 Å². The summed E-state index contributed by atoms with van der Waals surface area (Å²) in [5, 5.41) is 0. The molecule has 0 aliphatic heterocycles. The summed E-state index contributed by atoms with van der Waals surface area (Å²) in [6.07, 6.45) is 0. The molecule has 0 fully saturated rings. The van der Waals surface area contributed by atoms with Crippen LogP contribution in [0.2, 0.25) is 0 Å². The van der Waals surface area contributed by atoms with Crippen LogP contribution in [0.25, 0.3) is 0 Å². The second-order valence-electron chi connectivity index (χ2n) is 2.57. The topological polar surface area (TPSA) is 60.4 Å². The second-order valence-corrected chi connectivity index (χ2v) is 6.35. The number of esters is 1. The molecule has 0 atom stereocenters. The minimum atomic E-state index is -3.94. The minimum absolute atomic E-state index is 0.0621. The Balaban J connectivity index is 3.47. The number of rotatable bonds is 2. The van der Waals surface area contributed by atoms with E-state index in [-0.39, 0.29) is 10.5 Å². The minimum Gasteiger partial charge on any atom is -0.465 e. The molecule has 0 saturated carbocycles. The van der Waals surface area contributed by atoms with Crippen LogP contribution in [0.15, 0.2) is 23.1 Å². The van der Waals surface area contributed by atoms with E-state index in [4.69, 9.17) is 10.7 Å². The van der Waals surface area contributed by atoms with Gasteiger partial charge in [-0.25, -0.2) is 13.2 Å². The lowest BCUT2D eigenvalue weighted by Crippen LogP contribution is -2.07. The number of hydrogen-bond acceptors (Lipinski definition) is 4. The van der Waals surface area contributed by atoms with Crippen molar-refractivity contribution in [3.8, 4) is 0 Å². The number of ether oxygens (including phenoxy) is 1. The quantitative estimate of drug-likeness (QED) is 0.460. The predicted octanol–water partition coefficient (Wildman–Crippen LogP) is 2.01. The Morgan fingerprint density at radius 1 is 1.47 bits per heavy atom. The van der Waals surface area contributed by atoms with Crippen molar-refractivity contribution in [2.45, 2.75) is 4.90 Å². The molecule has 1 aromatic carbocycles. The average molecular weight is 361 g/mol. The van der Waals surface area contributed by atoms with E-state index in [0.717, 1.165) is 0 Å². The van der Waals surface area contributed by atoms with E-state index in [1.165, 1.54) is 19.2 Å². The van der Waals surface area contributed by atoms with Crippen molar-refractivity contribution in [1.29, 1.82) is 0 Å². The van der Waals surface area contributed by atoms with Crippen LogP contribution in [-0.4, -0.2) is 21.5 Å². The fraction of sp³-hybridized carbons (Fsp3) is 0.125. The van der Waals surface area contributed by atoms with Crippen LogP contribution in [0.3, 0.4) is 0 Å². The number of benzene rings is 1. The van der Waals surface area contributed by atoms with E-state index < -0.39 is 15.0 Å². The second kappa shape index (κ2) is 4.67. The van der Waals surface area contributed by atoms with E-state index in [2.05, 4.69) is 4.74 Å². The van der Waals surface area contributed by atoms with Crippen molar-refractivity contribution in [3.05, 3.63) is 27.3 Å². The number of methoxy groups -OCH3 is 1. The summed E-state index contributed by atoms with van der Waals surface area (Å²) in [6, 6.07) is 4.27. The molecule has 0 bridgehead atoms. The van der Waals surface area contributed by atoms with E-state index >= 15 is 0 Å². The SMILES string of the molecule is COC(=O)c1ccc(I)cc1S(=O)(=O)Cl. The van der Waals surface area contributed by atoms with Gasteiger partial charge in [-0.1, -0.05) is 0 Å². The first-order chi connectivity index (χ1) is 6.86. The van der Waals surface area contributed by atoms with Gasteiger partial charge in [0, 0.05) is 14.3 Å². The molecule has 0 heterocycles. The molecule has 0 aliphatic carbocycles. The lowest BCUT2D eigenvalue weighted by atomic mass is 10.2. The lowest BCUT2D eigenvalue weighted by Gasteiger charge is -2.04. The number of halogens is 2. The molecule has 0 aliphatic rings. The van der Waals surface area contributed by atoms with Crippen LogP contribution in [0.4, 0.5) is 0 Å². The van der Waals surface area contributed by atoms with Gasteiger partial charge in [0.05, 0.1) is 17.6 Å². The molecule has 0 amide bonds. The first kappa shape index (κ1) is 12.7. The van der Waals surface area contributed by atoms with Crippen molar-refractivity contribution >= 4 is 48.3 Å². The fourth-order valence-electron chi connectivity index (χ4n) is 0.976. The van der Waals surface area contributed by atoms with E-state index in [0.29, 0.717) is 3.57 Å². The maximum atomic E-state index is 11.2. The smallest absolute Gasteiger partial charge is 0.339 e. The van der Waals surface area contributed by atoms with Crippen LogP contribution >= 0.6 is 33.3 Å². The molecule has 1 aromatic rings. The fourth-order valence-corrected chi connectivity index (χ4v) is 2.74. The predicted molar refractivity (Wildman–Crippen MR) is 63.5 cm³/mol. The average Bonchev–Trinajstić information content (AvgIpc) is 2.15. The van der Waals surface area contributed by atoms with Crippen molar-refractivity contribution < 1.29 is 17.9 Å². The van der Waals surface area contributed by atoms with Crippen molar-refractivity contribution in [2.75, 3.05) is 7.11 Å². The maximum absolute atomic E-state index is 11.2. The lowest BCUT2D eigenvalue weighted by molar-refractivity contribution is 0.0596. The molecule has 7 heteroatoms. The number of carbonyl (C=O) groups is 1. The third-order valence-corrected chi connectivity index (χ3v) is 3.64. The molecule has 15 heavy (non-hydrogen) atoms. The summed E-state index contributed by atoms with van der Waals surface area (Å²) in [4.78, 5) is 11.0. The van der Waals surface area contributed by atoms with Crippen molar-refractivity contribution in [3.63, 3.8) is 0 Å². The normalized spacial score (nSPS) is 11.1. The van der Waals surface area contributed by atoms with Gasteiger partial charge in [-0.05, 0) is 40.8 Å². The molecule has 0 aromatic heterocycles. The third kappa shape index (κ3) is 3.05. The summed E-state index contributed by atoms with van der Waals surface area (Å²) in [7, 11) is 2.42. The van der Waals surface area contributed by atoms with Crippen LogP contribution in [-0.2, 0) is 13.8 Å². The Kier molecular flexibility index (Phi) is 3.96. The highest BCUT2D eigenvalue weighted by Crippen LogP contribution is 2.23. The van der Waals surface area contributed by atoms with Crippen LogP contribution in [0.5, 0.6) is 0 Å². The molecule has 0 saturated heterocycles. The first-order valence-corrected chi connectivity index (χ1v) is 7.07. The molecule has 1 rings (SSSR count). The Morgan fingerprint density at radius 3 is 2.53 bits per heavy atom. The Hall–Kier alpha value is -0.340. The Bertz CT molecular complexity index is 497. The summed E-state index contributed by atoms with van der Waals surface area (Å²) in [6.45, 7) is 0. The van der Waals surface area contributed by atoms with Gasteiger partial charge in [0.25, 0.3) is 9.05 Å². The molecule has 0 unspecified atom stereocenters. The molecular weight excluding hydrogens is 355 g/mol. The molecule has 82 valence electrons. The summed E-state index contributed by atoms with van der Waals surface area (Å²) >= 11 is 1.92. The van der Waals surface area contributed by atoms with Gasteiger partial charge < -0.3 is 4.74 Å². The van der Waals surface area contributed by atoms with Gasteiger partial charge in [-0.15, -0.1) is 0 Å². The number of hydrogen-bond donors (Lipinski definition) is 0. The standard InChI is InChI=1S/C8H6ClIO4S/c1-14-8(11)6-3-2-5(10)4-7(6)15(9,12)13/h2-4H,1H3.